The van der Waals surface area contributed by atoms with Crippen LogP contribution in [-0.2, 0) is 0 Å². The number of methoxy groups -OCH3 is 1. The first-order valence-corrected chi connectivity index (χ1v) is 6.90. The molecular weight excluding hydrogens is 319 g/mol. The molecule has 0 amide bonds. The molecule has 0 saturated heterocycles. The average molecular weight is 331 g/mol. The zero-order chi connectivity index (χ0) is 16.2. The van der Waals surface area contributed by atoms with Gasteiger partial charge < -0.3 is 9.47 Å². The number of aromatic nitrogens is 1. The summed E-state index contributed by atoms with van der Waals surface area (Å²) in [4.78, 5) is 4.14. The number of hydrogen-bond acceptors (Lipinski definition) is 6. The smallest absolute Gasteiger partial charge is 0.496 e. The van der Waals surface area contributed by atoms with E-state index in [9.17, 15) is 13.2 Å². The van der Waals surface area contributed by atoms with Gasteiger partial charge in [-0.15, -0.1) is 24.5 Å². The second kappa shape index (κ2) is 6.65. The summed E-state index contributed by atoms with van der Waals surface area (Å²) in [5.74, 6) is 0.0234. The van der Waals surface area contributed by atoms with E-state index in [4.69, 9.17) is 4.74 Å². The zero-order valence-electron chi connectivity index (χ0n) is 11.6. The molecule has 0 bridgehead atoms. The molecule has 0 unspecified atom stereocenters. The number of rotatable bonds is 5. The molecule has 0 radical (unpaired) electrons. The number of ether oxygens (including phenoxy) is 2. The van der Waals surface area contributed by atoms with Crippen molar-refractivity contribution in [2.24, 2.45) is 5.10 Å². The zero-order valence-corrected chi connectivity index (χ0v) is 12.5. The molecule has 1 aromatic heterocycles. The quantitative estimate of drug-likeness (QED) is 0.669. The van der Waals surface area contributed by atoms with Crippen molar-refractivity contribution in [2.75, 3.05) is 12.5 Å². The second-order valence-corrected chi connectivity index (χ2v) is 4.97. The molecule has 0 spiro atoms. The molecule has 0 aliphatic rings. The first-order valence-electron chi connectivity index (χ1n) is 6.02. The molecule has 2 rings (SSSR count). The van der Waals surface area contributed by atoms with Crippen LogP contribution in [0.25, 0.3) is 0 Å². The highest BCUT2D eigenvalue weighted by Crippen LogP contribution is 2.27. The molecule has 2 aromatic rings. The second-order valence-electron chi connectivity index (χ2n) is 4.12. The third-order valence-electron chi connectivity index (χ3n) is 2.42. The van der Waals surface area contributed by atoms with Crippen molar-refractivity contribution in [3.05, 3.63) is 34.8 Å². The van der Waals surface area contributed by atoms with Crippen LogP contribution in [0.5, 0.6) is 11.5 Å². The van der Waals surface area contributed by atoms with E-state index in [0.717, 1.165) is 5.69 Å². The van der Waals surface area contributed by atoms with Gasteiger partial charge in [0.25, 0.3) is 0 Å². The maximum absolute atomic E-state index is 12.2. The molecule has 0 atom stereocenters. The van der Waals surface area contributed by atoms with Crippen molar-refractivity contribution in [2.45, 2.75) is 13.3 Å². The van der Waals surface area contributed by atoms with Crippen molar-refractivity contribution in [1.29, 1.82) is 0 Å². The Bertz CT molecular complexity index is 671. The standard InChI is InChI=1S/C13H12F3N3O2S/c1-8-7-22-12(18-8)19-17-6-9-5-10(21-13(14,15)16)3-4-11(9)20-2/h3-7H,1-2H3,(H,18,19). The first kappa shape index (κ1) is 16.1. The third-order valence-corrected chi connectivity index (χ3v) is 3.28. The maximum atomic E-state index is 12.2. The Labute approximate surface area is 128 Å². The molecule has 0 aliphatic carbocycles. The molecule has 1 heterocycles. The van der Waals surface area contributed by atoms with Gasteiger partial charge in [0.1, 0.15) is 11.5 Å². The van der Waals surface area contributed by atoms with Gasteiger partial charge in [-0.3, -0.25) is 5.43 Å². The minimum Gasteiger partial charge on any atom is -0.496 e. The highest BCUT2D eigenvalue weighted by atomic mass is 32.1. The molecule has 0 aliphatic heterocycles. The van der Waals surface area contributed by atoms with Crippen molar-refractivity contribution in [3.8, 4) is 11.5 Å². The van der Waals surface area contributed by atoms with Crippen LogP contribution in [0.1, 0.15) is 11.3 Å². The lowest BCUT2D eigenvalue weighted by atomic mass is 10.2. The van der Waals surface area contributed by atoms with E-state index in [0.29, 0.717) is 16.4 Å². The van der Waals surface area contributed by atoms with Gasteiger partial charge in [0, 0.05) is 10.9 Å². The number of nitrogens with one attached hydrogen (secondary N) is 1. The lowest BCUT2D eigenvalue weighted by molar-refractivity contribution is -0.274. The number of alkyl halides is 3. The summed E-state index contributed by atoms with van der Waals surface area (Å²) in [5.41, 5.74) is 3.88. The van der Waals surface area contributed by atoms with Gasteiger partial charge in [-0.25, -0.2) is 4.98 Å². The monoisotopic (exact) mass is 331 g/mol. The fourth-order valence-electron chi connectivity index (χ4n) is 1.57. The summed E-state index contributed by atoms with van der Waals surface area (Å²) in [6, 6.07) is 3.72. The summed E-state index contributed by atoms with van der Waals surface area (Å²) in [5, 5.41) is 6.35. The summed E-state index contributed by atoms with van der Waals surface area (Å²) in [7, 11) is 1.41. The predicted molar refractivity (Wildman–Crippen MR) is 77.7 cm³/mol. The topological polar surface area (TPSA) is 55.7 Å². The fraction of sp³-hybridized carbons (Fsp3) is 0.231. The van der Waals surface area contributed by atoms with E-state index in [1.807, 2.05) is 12.3 Å². The molecule has 5 nitrogen and oxygen atoms in total. The SMILES string of the molecule is COc1ccc(OC(F)(F)F)cc1C=NNc1nc(C)cs1. The van der Waals surface area contributed by atoms with Gasteiger partial charge >= 0.3 is 6.36 Å². The van der Waals surface area contributed by atoms with Crippen LogP contribution >= 0.6 is 11.3 Å². The highest BCUT2D eigenvalue weighted by molar-refractivity contribution is 7.13. The Morgan fingerprint density at radius 3 is 2.73 bits per heavy atom. The number of thiazole rings is 1. The van der Waals surface area contributed by atoms with Crippen LogP contribution in [0.2, 0.25) is 0 Å². The van der Waals surface area contributed by atoms with E-state index in [2.05, 4.69) is 20.2 Å². The first-order chi connectivity index (χ1) is 10.4. The average Bonchev–Trinajstić information content (AvgIpc) is 2.83. The largest absolute Gasteiger partial charge is 0.573 e. The number of nitrogens with zero attached hydrogens (tertiary/aromatic N) is 2. The lowest BCUT2D eigenvalue weighted by Crippen LogP contribution is -2.17. The van der Waals surface area contributed by atoms with Crippen molar-refractivity contribution in [3.63, 3.8) is 0 Å². The van der Waals surface area contributed by atoms with E-state index < -0.39 is 6.36 Å². The number of anilines is 1. The van der Waals surface area contributed by atoms with Crippen LogP contribution in [0, 0.1) is 6.92 Å². The Morgan fingerprint density at radius 1 is 1.36 bits per heavy atom. The Morgan fingerprint density at radius 2 is 2.14 bits per heavy atom. The van der Waals surface area contributed by atoms with Crippen molar-refractivity contribution >= 4 is 22.7 Å². The molecule has 118 valence electrons. The number of aryl methyl sites for hydroxylation is 1. The van der Waals surface area contributed by atoms with Gasteiger partial charge in [-0.2, -0.15) is 5.10 Å². The predicted octanol–water partition coefficient (Wildman–Crippen LogP) is 3.80. The Balaban J connectivity index is 2.15. The molecule has 1 N–H and O–H groups in total. The minimum atomic E-state index is -4.75. The summed E-state index contributed by atoms with van der Waals surface area (Å²) in [6.45, 7) is 1.84. The van der Waals surface area contributed by atoms with Crippen LogP contribution < -0.4 is 14.9 Å². The normalized spacial score (nSPS) is 11.7. The summed E-state index contributed by atoms with van der Waals surface area (Å²) >= 11 is 1.36. The molecule has 1 aromatic carbocycles. The molecule has 0 fully saturated rings. The Hall–Kier alpha value is -2.29. The van der Waals surface area contributed by atoms with E-state index in [1.165, 1.54) is 42.9 Å². The van der Waals surface area contributed by atoms with E-state index in [-0.39, 0.29) is 5.75 Å². The minimum absolute atomic E-state index is 0.338. The molecule has 9 heteroatoms. The van der Waals surface area contributed by atoms with Crippen molar-refractivity contribution < 1.29 is 22.6 Å². The fourth-order valence-corrected chi connectivity index (χ4v) is 2.21. The third kappa shape index (κ3) is 4.62. The van der Waals surface area contributed by atoms with E-state index >= 15 is 0 Å². The van der Waals surface area contributed by atoms with E-state index in [1.54, 1.807) is 0 Å². The van der Waals surface area contributed by atoms with Crippen molar-refractivity contribution in [1.82, 2.24) is 4.98 Å². The maximum Gasteiger partial charge on any atom is 0.573 e. The van der Waals surface area contributed by atoms with Gasteiger partial charge in [0.2, 0.25) is 5.13 Å². The summed E-state index contributed by atoms with van der Waals surface area (Å²) in [6.07, 6.45) is -3.42. The number of benzene rings is 1. The summed E-state index contributed by atoms with van der Waals surface area (Å²) < 4.78 is 45.6. The van der Waals surface area contributed by atoms with Crippen LogP contribution in [-0.4, -0.2) is 24.7 Å². The molecule has 0 saturated carbocycles. The Kier molecular flexibility index (Phi) is 4.86. The number of hydrazone groups is 1. The van der Waals surface area contributed by atoms with Gasteiger partial charge in [0.05, 0.1) is 19.0 Å². The molecule has 22 heavy (non-hydrogen) atoms. The van der Waals surface area contributed by atoms with Crippen LogP contribution in [0.15, 0.2) is 28.7 Å². The number of halogens is 3. The van der Waals surface area contributed by atoms with Gasteiger partial charge in [-0.05, 0) is 25.1 Å². The van der Waals surface area contributed by atoms with Gasteiger partial charge in [0.15, 0.2) is 0 Å². The van der Waals surface area contributed by atoms with Crippen LogP contribution in [0.4, 0.5) is 18.3 Å². The highest BCUT2D eigenvalue weighted by Gasteiger charge is 2.31. The van der Waals surface area contributed by atoms with Crippen LogP contribution in [0.3, 0.4) is 0 Å². The number of hydrogen-bond donors (Lipinski definition) is 1. The van der Waals surface area contributed by atoms with Gasteiger partial charge in [-0.1, -0.05) is 0 Å². The molecular formula is C13H12F3N3O2S. The lowest BCUT2D eigenvalue weighted by Gasteiger charge is -2.11.